The van der Waals surface area contributed by atoms with Gasteiger partial charge >= 0.3 is 12.1 Å². The van der Waals surface area contributed by atoms with Crippen molar-refractivity contribution in [3.8, 4) is 11.1 Å². The zero-order valence-corrected chi connectivity index (χ0v) is 23.6. The Morgan fingerprint density at radius 3 is 2.10 bits per heavy atom. The van der Waals surface area contributed by atoms with Gasteiger partial charge in [0.05, 0.1) is 5.92 Å². The van der Waals surface area contributed by atoms with Crippen LogP contribution in [-0.4, -0.2) is 59.3 Å². The van der Waals surface area contributed by atoms with E-state index in [2.05, 4.69) is 51.9 Å². The van der Waals surface area contributed by atoms with Crippen LogP contribution in [0, 0.1) is 5.92 Å². The summed E-state index contributed by atoms with van der Waals surface area (Å²) in [5.74, 6) is -1.61. The van der Waals surface area contributed by atoms with Gasteiger partial charge in [0.2, 0.25) is 5.91 Å². The maximum Gasteiger partial charge on any atom is 0.408 e. The molecule has 1 saturated carbocycles. The van der Waals surface area contributed by atoms with Crippen molar-refractivity contribution in [1.29, 1.82) is 0 Å². The van der Waals surface area contributed by atoms with E-state index >= 15 is 0 Å². The lowest BCUT2D eigenvalue weighted by Gasteiger charge is -2.41. The summed E-state index contributed by atoms with van der Waals surface area (Å²) in [5, 5.41) is 15.5. The SMILES string of the molecule is O=C(NC1(C(=O)NC2CCC(C(=O)O)C2)CCN(Cc2ccccc2)CC1)OCC1c2ccccc2-c2ccccc21. The number of ether oxygens (including phenoxy) is 1. The molecule has 0 spiro atoms. The molecular weight excluding hydrogens is 530 g/mol. The van der Waals surface area contributed by atoms with Gasteiger partial charge in [-0.2, -0.15) is 0 Å². The maximum absolute atomic E-state index is 13.8. The zero-order chi connectivity index (χ0) is 29.1. The van der Waals surface area contributed by atoms with Crippen molar-refractivity contribution < 1.29 is 24.2 Å². The molecule has 2 atom stereocenters. The van der Waals surface area contributed by atoms with Crippen LogP contribution in [-0.2, 0) is 20.9 Å². The number of nitrogens with zero attached hydrogens (tertiary/aromatic N) is 1. The van der Waals surface area contributed by atoms with Crippen LogP contribution in [0.3, 0.4) is 0 Å². The molecule has 218 valence electrons. The second-order valence-electron chi connectivity index (χ2n) is 11.8. The number of hydrogen-bond acceptors (Lipinski definition) is 5. The number of piperidine rings is 1. The first kappa shape index (κ1) is 28.0. The number of aliphatic carboxylic acids is 1. The van der Waals surface area contributed by atoms with Crippen molar-refractivity contribution >= 4 is 18.0 Å². The molecule has 0 aromatic heterocycles. The van der Waals surface area contributed by atoms with Crippen molar-refractivity contribution in [2.45, 2.75) is 56.1 Å². The number of carboxylic acid groups (broad SMARTS) is 1. The van der Waals surface area contributed by atoms with E-state index in [0.717, 1.165) is 28.8 Å². The standard InChI is InChI=1S/C34H37N3O5/c38-31(39)24-14-15-25(20-24)35-32(40)34(16-18-37(19-17-34)21-23-8-2-1-3-9-23)36-33(41)42-22-30-28-12-6-4-10-26(28)27-11-5-7-13-29(27)30/h1-13,24-25,30H,14-22H2,(H,35,40)(H,36,41)(H,38,39). The third kappa shape index (κ3) is 5.77. The lowest BCUT2D eigenvalue weighted by atomic mass is 9.86. The molecule has 1 saturated heterocycles. The van der Waals surface area contributed by atoms with E-state index < -0.39 is 23.5 Å². The third-order valence-corrected chi connectivity index (χ3v) is 9.20. The molecule has 2 unspecified atom stereocenters. The maximum atomic E-state index is 13.8. The first-order valence-electron chi connectivity index (χ1n) is 14.8. The van der Waals surface area contributed by atoms with Crippen LogP contribution in [0.2, 0.25) is 0 Å². The van der Waals surface area contributed by atoms with Crippen LogP contribution in [0.15, 0.2) is 78.9 Å². The summed E-state index contributed by atoms with van der Waals surface area (Å²) < 4.78 is 5.84. The number of carbonyl (C=O) groups is 3. The Labute approximate surface area is 246 Å². The number of rotatable bonds is 8. The highest BCUT2D eigenvalue weighted by molar-refractivity contribution is 5.90. The van der Waals surface area contributed by atoms with Crippen molar-refractivity contribution in [1.82, 2.24) is 15.5 Å². The van der Waals surface area contributed by atoms with E-state index in [4.69, 9.17) is 4.74 Å². The lowest BCUT2D eigenvalue weighted by Crippen LogP contribution is -2.64. The predicted octanol–water partition coefficient (Wildman–Crippen LogP) is 4.93. The Hall–Kier alpha value is -4.17. The van der Waals surface area contributed by atoms with E-state index in [1.165, 1.54) is 5.56 Å². The van der Waals surface area contributed by atoms with Crippen molar-refractivity contribution in [2.24, 2.45) is 5.92 Å². The number of alkyl carbamates (subject to hydrolysis) is 1. The van der Waals surface area contributed by atoms with Gasteiger partial charge in [-0.25, -0.2) is 4.79 Å². The molecule has 0 bridgehead atoms. The number of carbonyl (C=O) groups excluding carboxylic acids is 2. The van der Waals surface area contributed by atoms with Gasteiger partial charge in [-0.3, -0.25) is 14.5 Å². The highest BCUT2D eigenvalue weighted by Gasteiger charge is 2.45. The second-order valence-corrected chi connectivity index (χ2v) is 11.8. The molecule has 2 amide bonds. The largest absolute Gasteiger partial charge is 0.481 e. The topological polar surface area (TPSA) is 108 Å². The molecule has 3 aromatic rings. The Kier molecular flexibility index (Phi) is 7.98. The summed E-state index contributed by atoms with van der Waals surface area (Å²) in [6.07, 6.45) is 1.82. The average molecular weight is 568 g/mol. The van der Waals surface area contributed by atoms with E-state index in [1.807, 2.05) is 42.5 Å². The molecule has 3 aliphatic rings. The first-order chi connectivity index (χ1) is 20.4. The quantitative estimate of drug-likeness (QED) is 0.356. The fraction of sp³-hybridized carbons (Fsp3) is 0.382. The number of likely N-dealkylation sites (tertiary alicyclic amines) is 1. The fourth-order valence-electron chi connectivity index (χ4n) is 6.83. The average Bonchev–Trinajstić information content (AvgIpc) is 3.61. The number of benzene rings is 3. The van der Waals surface area contributed by atoms with Crippen LogP contribution in [0.4, 0.5) is 4.79 Å². The van der Waals surface area contributed by atoms with Gasteiger partial charge in [0.1, 0.15) is 12.1 Å². The summed E-state index contributed by atoms with van der Waals surface area (Å²) in [7, 11) is 0. The van der Waals surface area contributed by atoms with Gasteiger partial charge in [-0.1, -0.05) is 78.9 Å². The smallest absolute Gasteiger partial charge is 0.408 e. The monoisotopic (exact) mass is 567 g/mol. The molecule has 2 fully saturated rings. The lowest BCUT2D eigenvalue weighted by molar-refractivity contribution is -0.141. The van der Waals surface area contributed by atoms with E-state index in [0.29, 0.717) is 45.2 Å². The van der Waals surface area contributed by atoms with Gasteiger partial charge < -0.3 is 20.5 Å². The van der Waals surface area contributed by atoms with Crippen LogP contribution >= 0.6 is 0 Å². The van der Waals surface area contributed by atoms with Crippen LogP contribution in [0.5, 0.6) is 0 Å². The van der Waals surface area contributed by atoms with Gasteiger partial charge in [0.15, 0.2) is 0 Å². The Morgan fingerprint density at radius 2 is 1.48 bits per heavy atom. The normalized spacial score (nSPS) is 21.2. The summed E-state index contributed by atoms with van der Waals surface area (Å²) in [6, 6.07) is 26.3. The zero-order valence-electron chi connectivity index (χ0n) is 23.6. The Balaban J connectivity index is 1.14. The van der Waals surface area contributed by atoms with Crippen molar-refractivity contribution in [2.75, 3.05) is 19.7 Å². The minimum atomic E-state index is -1.13. The molecule has 1 aliphatic heterocycles. The molecule has 3 N–H and O–H groups in total. The summed E-state index contributed by atoms with van der Waals surface area (Å²) >= 11 is 0. The number of fused-ring (bicyclic) bond motifs is 3. The highest BCUT2D eigenvalue weighted by Crippen LogP contribution is 2.44. The summed E-state index contributed by atoms with van der Waals surface area (Å²) in [4.78, 5) is 40.9. The van der Waals surface area contributed by atoms with Crippen molar-refractivity contribution in [3.05, 3.63) is 95.6 Å². The van der Waals surface area contributed by atoms with Gasteiger partial charge in [0.25, 0.3) is 0 Å². The van der Waals surface area contributed by atoms with E-state index in [-0.39, 0.29) is 24.5 Å². The minimum Gasteiger partial charge on any atom is -0.481 e. The second kappa shape index (κ2) is 12.0. The van der Waals surface area contributed by atoms with Gasteiger partial charge in [0, 0.05) is 31.6 Å². The number of amides is 2. The summed E-state index contributed by atoms with van der Waals surface area (Å²) in [6.45, 7) is 2.20. The van der Waals surface area contributed by atoms with E-state index in [9.17, 15) is 19.5 Å². The fourth-order valence-corrected chi connectivity index (χ4v) is 6.83. The van der Waals surface area contributed by atoms with Gasteiger partial charge in [-0.05, 0) is 59.9 Å². The van der Waals surface area contributed by atoms with Crippen LogP contribution < -0.4 is 10.6 Å². The molecule has 42 heavy (non-hydrogen) atoms. The molecule has 3 aromatic carbocycles. The van der Waals surface area contributed by atoms with Crippen LogP contribution in [0.25, 0.3) is 11.1 Å². The molecular formula is C34H37N3O5. The third-order valence-electron chi connectivity index (χ3n) is 9.20. The first-order valence-corrected chi connectivity index (χ1v) is 14.8. The molecule has 2 aliphatic carbocycles. The molecule has 8 heteroatoms. The number of carboxylic acids is 1. The molecule has 0 radical (unpaired) electrons. The Bertz CT molecular complexity index is 1400. The number of hydrogen-bond donors (Lipinski definition) is 3. The predicted molar refractivity (Wildman–Crippen MR) is 159 cm³/mol. The van der Waals surface area contributed by atoms with Gasteiger partial charge in [-0.15, -0.1) is 0 Å². The van der Waals surface area contributed by atoms with E-state index in [1.54, 1.807) is 0 Å². The van der Waals surface area contributed by atoms with Crippen molar-refractivity contribution in [3.63, 3.8) is 0 Å². The van der Waals surface area contributed by atoms with Crippen LogP contribution in [0.1, 0.15) is 54.7 Å². The highest BCUT2D eigenvalue weighted by atomic mass is 16.5. The minimum absolute atomic E-state index is 0.0768. The number of nitrogens with one attached hydrogen (secondary N) is 2. The summed E-state index contributed by atoms with van der Waals surface area (Å²) in [5.41, 5.74) is 4.63. The Morgan fingerprint density at radius 1 is 0.857 bits per heavy atom. The molecule has 8 nitrogen and oxygen atoms in total. The molecule has 6 rings (SSSR count). The molecule has 1 heterocycles.